The third-order valence-electron chi connectivity index (χ3n) is 1.70. The molecule has 13 heavy (non-hydrogen) atoms. The zero-order valence-corrected chi connectivity index (χ0v) is 7.02. The van der Waals surface area contributed by atoms with Crippen LogP contribution in [-0.2, 0) is 18.3 Å². The van der Waals surface area contributed by atoms with Gasteiger partial charge in [-0.05, 0) is 11.6 Å². The molecule has 2 N–H and O–H groups in total. The van der Waals surface area contributed by atoms with Crippen molar-refractivity contribution < 1.29 is 19.8 Å². The van der Waals surface area contributed by atoms with Crippen LogP contribution in [0.15, 0.2) is 12.3 Å². The minimum Gasteiger partial charge on any atom is -0.481 e. The van der Waals surface area contributed by atoms with Crippen molar-refractivity contribution in [2.45, 2.75) is 6.42 Å². The first kappa shape index (κ1) is 9.31. The van der Waals surface area contributed by atoms with Crippen molar-refractivity contribution in [2.24, 2.45) is 7.05 Å². The highest BCUT2D eigenvalue weighted by molar-refractivity contribution is 5.89. The molecule has 0 aliphatic heterocycles. The summed E-state index contributed by atoms with van der Waals surface area (Å²) in [6.45, 7) is 0. The molecule has 0 aliphatic rings. The normalized spacial score (nSPS) is 9.92. The summed E-state index contributed by atoms with van der Waals surface area (Å²) in [6.07, 6.45) is 1.27. The molecule has 1 aromatic rings. The van der Waals surface area contributed by atoms with Crippen molar-refractivity contribution in [1.29, 1.82) is 0 Å². The van der Waals surface area contributed by atoms with Gasteiger partial charge in [-0.25, -0.2) is 4.79 Å². The van der Waals surface area contributed by atoms with Crippen molar-refractivity contribution in [2.75, 3.05) is 0 Å². The van der Waals surface area contributed by atoms with Crippen LogP contribution in [0.3, 0.4) is 0 Å². The van der Waals surface area contributed by atoms with Gasteiger partial charge in [0.15, 0.2) is 0 Å². The second-order valence-corrected chi connectivity index (χ2v) is 2.68. The maximum absolute atomic E-state index is 10.7. The van der Waals surface area contributed by atoms with E-state index in [2.05, 4.69) is 0 Å². The molecule has 0 saturated heterocycles. The maximum Gasteiger partial charge on any atom is 0.352 e. The van der Waals surface area contributed by atoms with E-state index in [0.717, 1.165) is 0 Å². The number of carboxylic acids is 2. The number of carboxylic acid groups (broad SMARTS) is 2. The number of aromatic nitrogens is 1. The van der Waals surface area contributed by atoms with Crippen LogP contribution in [0.4, 0.5) is 0 Å². The van der Waals surface area contributed by atoms with E-state index in [-0.39, 0.29) is 12.1 Å². The van der Waals surface area contributed by atoms with Gasteiger partial charge < -0.3 is 14.8 Å². The fourth-order valence-corrected chi connectivity index (χ4v) is 1.18. The zero-order valence-electron chi connectivity index (χ0n) is 7.02. The fraction of sp³-hybridized carbons (Fsp3) is 0.250. The molecule has 1 aromatic heterocycles. The van der Waals surface area contributed by atoms with Crippen LogP contribution in [0.2, 0.25) is 0 Å². The molecule has 0 spiro atoms. The molecule has 0 bridgehead atoms. The molecule has 0 unspecified atom stereocenters. The Bertz CT molecular complexity index is 353. The molecular weight excluding hydrogens is 174 g/mol. The molecule has 0 radical (unpaired) electrons. The van der Waals surface area contributed by atoms with Gasteiger partial charge >= 0.3 is 11.9 Å². The van der Waals surface area contributed by atoms with Gasteiger partial charge in [0.1, 0.15) is 5.69 Å². The summed E-state index contributed by atoms with van der Waals surface area (Å²) in [5.74, 6) is -2.14. The number of rotatable bonds is 3. The predicted octanol–water partition coefficient (Wildman–Crippen LogP) is 0.350. The Morgan fingerprint density at radius 3 is 2.54 bits per heavy atom. The van der Waals surface area contributed by atoms with Crippen molar-refractivity contribution in [3.05, 3.63) is 23.5 Å². The number of hydrogen-bond acceptors (Lipinski definition) is 2. The largest absolute Gasteiger partial charge is 0.481 e. The lowest BCUT2D eigenvalue weighted by atomic mass is 10.2. The van der Waals surface area contributed by atoms with Gasteiger partial charge in [0, 0.05) is 13.2 Å². The summed E-state index contributed by atoms with van der Waals surface area (Å²) in [6, 6.07) is 1.50. The highest BCUT2D eigenvalue weighted by Crippen LogP contribution is 2.10. The van der Waals surface area contributed by atoms with Gasteiger partial charge in [-0.3, -0.25) is 4.79 Å². The van der Waals surface area contributed by atoms with E-state index in [0.29, 0.717) is 5.56 Å². The fourth-order valence-electron chi connectivity index (χ4n) is 1.18. The van der Waals surface area contributed by atoms with Crippen LogP contribution in [0, 0.1) is 0 Å². The van der Waals surface area contributed by atoms with E-state index in [1.165, 1.54) is 16.8 Å². The Labute approximate surface area is 74.2 Å². The number of hydrogen-bond donors (Lipinski definition) is 2. The molecule has 70 valence electrons. The van der Waals surface area contributed by atoms with Gasteiger partial charge in [0.2, 0.25) is 0 Å². The molecule has 1 heterocycles. The van der Waals surface area contributed by atoms with Gasteiger partial charge in [0.05, 0.1) is 6.42 Å². The highest BCUT2D eigenvalue weighted by Gasteiger charge is 2.15. The first-order valence-corrected chi connectivity index (χ1v) is 3.61. The molecule has 5 heteroatoms. The summed E-state index contributed by atoms with van der Waals surface area (Å²) in [7, 11) is 1.56. The second kappa shape index (κ2) is 3.30. The van der Waals surface area contributed by atoms with Crippen LogP contribution in [0.1, 0.15) is 16.1 Å². The Morgan fingerprint density at radius 2 is 2.08 bits per heavy atom. The smallest absolute Gasteiger partial charge is 0.352 e. The third-order valence-corrected chi connectivity index (χ3v) is 1.70. The molecule has 0 saturated carbocycles. The van der Waals surface area contributed by atoms with Crippen LogP contribution < -0.4 is 0 Å². The number of carbonyl (C=O) groups is 2. The second-order valence-electron chi connectivity index (χ2n) is 2.68. The van der Waals surface area contributed by atoms with Crippen molar-refractivity contribution in [1.82, 2.24) is 4.57 Å². The quantitative estimate of drug-likeness (QED) is 0.708. The van der Waals surface area contributed by atoms with Crippen molar-refractivity contribution >= 4 is 11.9 Å². The Morgan fingerprint density at radius 1 is 1.46 bits per heavy atom. The monoisotopic (exact) mass is 183 g/mol. The van der Waals surface area contributed by atoms with Gasteiger partial charge in [0.25, 0.3) is 0 Å². The van der Waals surface area contributed by atoms with Gasteiger partial charge in [-0.1, -0.05) is 0 Å². The minimum absolute atomic E-state index is 0.0300. The molecule has 0 atom stereocenters. The molecular formula is C8H9NO4. The Balaban J connectivity index is 3.07. The molecule has 0 aromatic carbocycles. The molecule has 0 fully saturated rings. The lowest BCUT2D eigenvalue weighted by Gasteiger charge is -1.99. The molecule has 0 aliphatic carbocycles. The Kier molecular flexibility index (Phi) is 2.36. The molecule has 0 amide bonds. The predicted molar refractivity (Wildman–Crippen MR) is 43.7 cm³/mol. The number of aryl methyl sites for hydroxylation is 1. The minimum atomic E-state index is -1.11. The Hall–Kier alpha value is -1.78. The van der Waals surface area contributed by atoms with Crippen LogP contribution in [-0.4, -0.2) is 26.7 Å². The van der Waals surface area contributed by atoms with E-state index in [9.17, 15) is 9.59 Å². The van der Waals surface area contributed by atoms with E-state index in [4.69, 9.17) is 10.2 Å². The SMILES string of the molecule is Cn1ccc(CC(=O)O)c1C(=O)O. The van der Waals surface area contributed by atoms with Crippen LogP contribution >= 0.6 is 0 Å². The number of aliphatic carboxylic acids is 1. The number of nitrogens with zero attached hydrogens (tertiary/aromatic N) is 1. The first-order valence-electron chi connectivity index (χ1n) is 3.61. The summed E-state index contributed by atoms with van der Waals surface area (Å²) >= 11 is 0. The van der Waals surface area contributed by atoms with Crippen LogP contribution in [0.25, 0.3) is 0 Å². The zero-order chi connectivity index (χ0) is 10.0. The van der Waals surface area contributed by atoms with Crippen LogP contribution in [0.5, 0.6) is 0 Å². The lowest BCUT2D eigenvalue weighted by molar-refractivity contribution is -0.136. The first-order chi connectivity index (χ1) is 6.02. The third kappa shape index (κ3) is 1.87. The topological polar surface area (TPSA) is 79.5 Å². The standard InChI is InChI=1S/C8H9NO4/c1-9-3-2-5(4-6(10)11)7(9)8(12)13/h2-3H,4H2,1H3,(H,10,11)(H,12,13). The van der Waals surface area contributed by atoms with Crippen molar-refractivity contribution in [3.8, 4) is 0 Å². The van der Waals surface area contributed by atoms with E-state index >= 15 is 0 Å². The summed E-state index contributed by atoms with van der Waals surface area (Å²) in [5, 5.41) is 17.2. The van der Waals surface area contributed by atoms with Gasteiger partial charge in [-0.15, -0.1) is 0 Å². The van der Waals surface area contributed by atoms with Crippen molar-refractivity contribution in [3.63, 3.8) is 0 Å². The lowest BCUT2D eigenvalue weighted by Crippen LogP contribution is -2.09. The molecule has 5 nitrogen and oxygen atoms in total. The highest BCUT2D eigenvalue weighted by atomic mass is 16.4. The maximum atomic E-state index is 10.7. The molecule has 1 rings (SSSR count). The summed E-state index contributed by atoms with van der Waals surface area (Å²) in [5.41, 5.74) is 0.352. The summed E-state index contributed by atoms with van der Waals surface area (Å²) < 4.78 is 1.39. The van der Waals surface area contributed by atoms with Gasteiger partial charge in [-0.2, -0.15) is 0 Å². The summed E-state index contributed by atoms with van der Waals surface area (Å²) in [4.78, 5) is 21.0. The van der Waals surface area contributed by atoms with E-state index in [1.54, 1.807) is 7.05 Å². The van der Waals surface area contributed by atoms with E-state index < -0.39 is 11.9 Å². The number of aromatic carboxylic acids is 1. The average Bonchev–Trinajstić information content (AvgIpc) is 2.30. The van der Waals surface area contributed by atoms with E-state index in [1.807, 2.05) is 0 Å². The average molecular weight is 183 g/mol.